The number of halogens is 1. The van der Waals surface area contributed by atoms with Gasteiger partial charge in [-0.25, -0.2) is 4.79 Å². The first-order valence-corrected chi connectivity index (χ1v) is 8.80. The molecule has 2 amide bonds. The van der Waals surface area contributed by atoms with E-state index in [9.17, 15) is 9.59 Å². The van der Waals surface area contributed by atoms with Gasteiger partial charge in [-0.05, 0) is 57.7 Å². The highest BCUT2D eigenvalue weighted by molar-refractivity contribution is 6.30. The van der Waals surface area contributed by atoms with E-state index in [0.29, 0.717) is 24.5 Å². The highest BCUT2D eigenvalue weighted by Crippen LogP contribution is 2.09. The van der Waals surface area contributed by atoms with E-state index in [1.54, 1.807) is 12.1 Å². The molecule has 0 saturated heterocycles. The van der Waals surface area contributed by atoms with Gasteiger partial charge in [0, 0.05) is 18.1 Å². The van der Waals surface area contributed by atoms with Crippen LogP contribution in [0.2, 0.25) is 5.02 Å². The fraction of sp³-hybridized carbons (Fsp3) is 0.556. The Morgan fingerprint density at radius 1 is 1.16 bits per heavy atom. The average Bonchev–Trinajstić information content (AvgIpc) is 2.51. The number of carbonyl (C=O) groups excluding carboxylic acids is 2. The van der Waals surface area contributed by atoms with Crippen LogP contribution in [0.3, 0.4) is 0 Å². The van der Waals surface area contributed by atoms with Gasteiger partial charge in [0.2, 0.25) is 5.91 Å². The molecule has 0 radical (unpaired) electrons. The van der Waals surface area contributed by atoms with Crippen molar-refractivity contribution in [1.82, 2.24) is 10.6 Å². The van der Waals surface area contributed by atoms with Crippen molar-refractivity contribution in [3.8, 4) is 0 Å². The van der Waals surface area contributed by atoms with Gasteiger partial charge in [-0.15, -0.1) is 0 Å². The summed E-state index contributed by atoms with van der Waals surface area (Å²) >= 11 is 5.82. The molecule has 0 aromatic heterocycles. The summed E-state index contributed by atoms with van der Waals surface area (Å²) in [6.07, 6.45) is 1.60. The van der Waals surface area contributed by atoms with E-state index < -0.39 is 17.7 Å². The minimum absolute atomic E-state index is 0.185. The smallest absolute Gasteiger partial charge is 0.407 e. The molecule has 4 N–H and O–H groups in total. The van der Waals surface area contributed by atoms with Gasteiger partial charge in [-0.2, -0.15) is 0 Å². The summed E-state index contributed by atoms with van der Waals surface area (Å²) in [6.45, 7) is 6.36. The molecular weight excluding hydrogens is 342 g/mol. The van der Waals surface area contributed by atoms with Gasteiger partial charge in [0.1, 0.15) is 5.60 Å². The first kappa shape index (κ1) is 21.3. The number of nitrogens with two attached hydrogens (primary N) is 1. The Labute approximate surface area is 154 Å². The van der Waals surface area contributed by atoms with E-state index in [-0.39, 0.29) is 5.91 Å². The molecule has 0 bridgehead atoms. The standard InChI is InChI=1S/C18H28ClN3O3/c1-18(2,3)25-17(24)21-11-5-4-6-15(20)16(23)22-12-13-7-9-14(19)10-8-13/h7-10,15H,4-6,11-12,20H2,1-3H3,(H,21,24)(H,22,23). The van der Waals surface area contributed by atoms with Crippen molar-refractivity contribution >= 4 is 23.6 Å². The number of hydrogen-bond acceptors (Lipinski definition) is 4. The normalized spacial score (nSPS) is 12.4. The molecule has 1 rings (SSSR count). The Balaban J connectivity index is 2.14. The molecule has 1 atom stereocenters. The first-order valence-electron chi connectivity index (χ1n) is 8.42. The summed E-state index contributed by atoms with van der Waals surface area (Å²) in [6, 6.07) is 6.71. The van der Waals surface area contributed by atoms with E-state index in [1.807, 2.05) is 32.9 Å². The van der Waals surface area contributed by atoms with Crippen molar-refractivity contribution in [3.05, 3.63) is 34.9 Å². The number of amides is 2. The Bertz CT molecular complexity index is 556. The molecule has 0 aliphatic heterocycles. The molecule has 0 fully saturated rings. The van der Waals surface area contributed by atoms with Gasteiger partial charge < -0.3 is 21.1 Å². The molecular formula is C18H28ClN3O3. The molecule has 0 aliphatic rings. The number of nitrogens with one attached hydrogen (secondary N) is 2. The summed E-state index contributed by atoms with van der Waals surface area (Å²) in [4.78, 5) is 23.4. The number of ether oxygens (including phenoxy) is 1. The minimum Gasteiger partial charge on any atom is -0.444 e. The molecule has 0 aliphatic carbocycles. The second-order valence-electron chi connectivity index (χ2n) is 6.88. The maximum absolute atomic E-state index is 12.0. The lowest BCUT2D eigenvalue weighted by molar-refractivity contribution is -0.122. The third kappa shape index (κ3) is 9.94. The van der Waals surface area contributed by atoms with E-state index in [4.69, 9.17) is 22.1 Å². The van der Waals surface area contributed by atoms with Gasteiger partial charge in [0.05, 0.1) is 6.04 Å². The molecule has 0 spiro atoms. The monoisotopic (exact) mass is 369 g/mol. The van der Waals surface area contributed by atoms with E-state index in [1.165, 1.54) is 0 Å². The van der Waals surface area contributed by atoms with Crippen molar-refractivity contribution in [3.63, 3.8) is 0 Å². The van der Waals surface area contributed by atoms with Crippen molar-refractivity contribution < 1.29 is 14.3 Å². The summed E-state index contributed by atoms with van der Waals surface area (Å²) in [7, 11) is 0. The maximum Gasteiger partial charge on any atom is 0.407 e. The van der Waals surface area contributed by atoms with Crippen LogP contribution >= 0.6 is 11.6 Å². The second kappa shape index (κ2) is 10.3. The van der Waals surface area contributed by atoms with Crippen LogP contribution in [0, 0.1) is 0 Å². The van der Waals surface area contributed by atoms with Crippen LogP contribution in [0.1, 0.15) is 45.6 Å². The molecule has 140 valence electrons. The fourth-order valence-corrected chi connectivity index (χ4v) is 2.17. The van der Waals surface area contributed by atoms with Crippen molar-refractivity contribution in [1.29, 1.82) is 0 Å². The lowest BCUT2D eigenvalue weighted by Gasteiger charge is -2.19. The highest BCUT2D eigenvalue weighted by atomic mass is 35.5. The minimum atomic E-state index is -0.561. The van der Waals surface area contributed by atoms with Gasteiger partial charge in [0.15, 0.2) is 0 Å². The Morgan fingerprint density at radius 2 is 1.80 bits per heavy atom. The average molecular weight is 370 g/mol. The SMILES string of the molecule is CC(C)(C)OC(=O)NCCCCC(N)C(=O)NCc1ccc(Cl)cc1. The second-order valence-corrected chi connectivity index (χ2v) is 7.31. The predicted molar refractivity (Wildman–Crippen MR) is 99.4 cm³/mol. The Kier molecular flexibility index (Phi) is 8.72. The Morgan fingerprint density at radius 3 is 2.40 bits per heavy atom. The fourth-order valence-electron chi connectivity index (χ4n) is 2.05. The maximum atomic E-state index is 12.0. The third-order valence-electron chi connectivity index (χ3n) is 3.33. The lowest BCUT2D eigenvalue weighted by atomic mass is 10.1. The highest BCUT2D eigenvalue weighted by Gasteiger charge is 2.16. The predicted octanol–water partition coefficient (Wildman–Crippen LogP) is 2.98. The lowest BCUT2D eigenvalue weighted by Crippen LogP contribution is -2.40. The van der Waals surface area contributed by atoms with Gasteiger partial charge >= 0.3 is 6.09 Å². The number of hydrogen-bond donors (Lipinski definition) is 3. The summed E-state index contributed by atoms with van der Waals surface area (Å²) in [5.74, 6) is -0.185. The van der Waals surface area contributed by atoms with Gasteiger partial charge in [-0.3, -0.25) is 4.79 Å². The van der Waals surface area contributed by atoms with Crippen LogP contribution in [0.5, 0.6) is 0 Å². The van der Waals surface area contributed by atoms with Crippen molar-refractivity contribution in [2.45, 2.75) is 58.2 Å². The topological polar surface area (TPSA) is 93.4 Å². The molecule has 1 aromatic rings. The third-order valence-corrected chi connectivity index (χ3v) is 3.58. The molecule has 7 heteroatoms. The summed E-state index contributed by atoms with van der Waals surface area (Å²) in [5, 5.41) is 6.15. The van der Waals surface area contributed by atoms with Crippen LogP contribution in [0.15, 0.2) is 24.3 Å². The zero-order chi connectivity index (χ0) is 18.9. The summed E-state index contributed by atoms with van der Waals surface area (Å²) < 4.78 is 5.14. The number of benzene rings is 1. The van der Waals surface area contributed by atoms with Crippen LogP contribution in [0.4, 0.5) is 4.79 Å². The van der Waals surface area contributed by atoms with Crippen LogP contribution in [-0.4, -0.2) is 30.2 Å². The number of rotatable bonds is 8. The Hall–Kier alpha value is -1.79. The van der Waals surface area contributed by atoms with Gasteiger partial charge in [0.25, 0.3) is 0 Å². The van der Waals surface area contributed by atoms with E-state index >= 15 is 0 Å². The number of unbranched alkanes of at least 4 members (excludes halogenated alkanes) is 1. The van der Waals surface area contributed by atoms with Crippen LogP contribution in [0.25, 0.3) is 0 Å². The van der Waals surface area contributed by atoms with Gasteiger partial charge in [-0.1, -0.05) is 23.7 Å². The van der Waals surface area contributed by atoms with E-state index in [0.717, 1.165) is 18.4 Å². The van der Waals surface area contributed by atoms with Crippen LogP contribution in [-0.2, 0) is 16.1 Å². The molecule has 0 heterocycles. The zero-order valence-corrected chi connectivity index (χ0v) is 15.9. The largest absolute Gasteiger partial charge is 0.444 e. The van der Waals surface area contributed by atoms with Crippen molar-refractivity contribution in [2.75, 3.05) is 6.54 Å². The molecule has 1 aromatic carbocycles. The summed E-state index contributed by atoms with van der Waals surface area (Å²) in [5.41, 5.74) is 6.34. The quantitative estimate of drug-likeness (QED) is 0.614. The number of carbonyl (C=O) groups is 2. The van der Waals surface area contributed by atoms with Crippen molar-refractivity contribution in [2.24, 2.45) is 5.73 Å². The molecule has 6 nitrogen and oxygen atoms in total. The molecule has 1 unspecified atom stereocenters. The van der Waals surface area contributed by atoms with E-state index in [2.05, 4.69) is 10.6 Å². The first-order chi connectivity index (χ1) is 11.7. The number of alkyl carbamates (subject to hydrolysis) is 1. The molecule has 0 saturated carbocycles. The molecule has 25 heavy (non-hydrogen) atoms. The zero-order valence-electron chi connectivity index (χ0n) is 15.1. The van der Waals surface area contributed by atoms with Crippen LogP contribution < -0.4 is 16.4 Å².